The second-order valence-corrected chi connectivity index (χ2v) is 10.9. The maximum atomic E-state index is 14.8. The molecule has 0 saturated carbocycles. The van der Waals surface area contributed by atoms with Crippen molar-refractivity contribution >= 4 is 5.57 Å². The molecule has 47 heavy (non-hydrogen) atoms. The summed E-state index contributed by atoms with van der Waals surface area (Å²) >= 11 is 0. The molecule has 3 atom stereocenters. The molecule has 1 aliphatic rings. The minimum Gasteiger partial charge on any atom is -0.495 e. The van der Waals surface area contributed by atoms with Crippen LogP contribution in [-0.2, 0) is 4.74 Å². The number of allylic oxidation sites excluding steroid dienone is 5. The van der Waals surface area contributed by atoms with Crippen molar-refractivity contribution in [3.8, 4) is 28.4 Å². The number of halogens is 6. The van der Waals surface area contributed by atoms with Crippen LogP contribution in [0.4, 0.5) is 26.3 Å². The van der Waals surface area contributed by atoms with Crippen molar-refractivity contribution in [3.63, 3.8) is 0 Å². The average molecular weight is 661 g/mol. The van der Waals surface area contributed by atoms with E-state index >= 15 is 0 Å². The van der Waals surface area contributed by atoms with Crippen LogP contribution < -0.4 is 14.2 Å². The van der Waals surface area contributed by atoms with Crippen LogP contribution in [0.3, 0.4) is 0 Å². The first-order chi connectivity index (χ1) is 22.7. The summed E-state index contributed by atoms with van der Waals surface area (Å²) in [5, 5.41) is 0. The Bertz CT molecular complexity index is 1590. The minimum absolute atomic E-state index is 0.0381. The third-order valence-electron chi connectivity index (χ3n) is 7.70. The van der Waals surface area contributed by atoms with Gasteiger partial charge in [0.1, 0.15) is 28.9 Å². The van der Waals surface area contributed by atoms with E-state index in [0.717, 1.165) is 25.0 Å². The Morgan fingerprint density at radius 3 is 1.81 bits per heavy atom. The van der Waals surface area contributed by atoms with Crippen molar-refractivity contribution in [2.75, 3.05) is 26.4 Å². The van der Waals surface area contributed by atoms with Crippen molar-refractivity contribution in [2.24, 2.45) is 5.92 Å². The summed E-state index contributed by atoms with van der Waals surface area (Å²) in [7, 11) is 0. The molecule has 252 valence electrons. The zero-order chi connectivity index (χ0) is 33.9. The fourth-order valence-electron chi connectivity index (χ4n) is 5.27. The van der Waals surface area contributed by atoms with E-state index in [9.17, 15) is 26.3 Å². The van der Waals surface area contributed by atoms with Crippen LogP contribution >= 0.6 is 0 Å². The van der Waals surface area contributed by atoms with E-state index in [1.54, 1.807) is 13.8 Å². The number of ether oxygens (including phenoxy) is 4. The fraction of sp³-hybridized carbons (Fsp3) is 0.351. The molecule has 0 aliphatic heterocycles. The standard InChI is InChI=1S/C37H38F6O4/c1-4-23(9-7-19-46-24-11-13-26(30(38)21-24)28-15-17-32(44-5-2)36(42)34(28)40)10-8-20-47-25-12-14-27(31(39)22-25)29-16-18-33(45-6-3)37(43)35(29)41/h4,11-18,21-23,34,36H,1,5-10,19-20H2,2-3H3. The quantitative estimate of drug-likeness (QED) is 0.0821. The molecule has 0 fully saturated rings. The third-order valence-corrected chi connectivity index (χ3v) is 7.70. The predicted octanol–water partition coefficient (Wildman–Crippen LogP) is 10.1. The van der Waals surface area contributed by atoms with Crippen molar-refractivity contribution in [1.82, 2.24) is 0 Å². The highest BCUT2D eigenvalue weighted by Crippen LogP contribution is 2.35. The van der Waals surface area contributed by atoms with Gasteiger partial charge in [-0.05, 0) is 93.5 Å². The SMILES string of the molecule is C=CC(CCCOc1ccc(C2=CC=C(OCC)C(F)C2F)c(F)c1)CCCOc1ccc(-c2ccc(OCC)c(F)c2F)c(F)c1. The van der Waals surface area contributed by atoms with Crippen LogP contribution in [0.25, 0.3) is 16.7 Å². The van der Waals surface area contributed by atoms with Crippen LogP contribution in [0.1, 0.15) is 45.1 Å². The first-order valence-electron chi connectivity index (χ1n) is 15.6. The van der Waals surface area contributed by atoms with Crippen molar-refractivity contribution < 1.29 is 45.3 Å². The second kappa shape index (κ2) is 17.0. The van der Waals surface area contributed by atoms with Gasteiger partial charge in [-0.1, -0.05) is 12.2 Å². The van der Waals surface area contributed by atoms with Gasteiger partial charge < -0.3 is 18.9 Å². The van der Waals surface area contributed by atoms with Gasteiger partial charge in [0.05, 0.1) is 26.4 Å². The summed E-state index contributed by atoms with van der Waals surface area (Å²) in [5.74, 6) is -3.48. The molecule has 0 aromatic heterocycles. The van der Waals surface area contributed by atoms with Crippen LogP contribution in [0, 0.1) is 29.2 Å². The first-order valence-corrected chi connectivity index (χ1v) is 15.6. The van der Waals surface area contributed by atoms with E-state index in [2.05, 4.69) is 6.58 Å². The second-order valence-electron chi connectivity index (χ2n) is 10.9. The van der Waals surface area contributed by atoms with Gasteiger partial charge in [0.2, 0.25) is 5.82 Å². The van der Waals surface area contributed by atoms with Gasteiger partial charge in [0.25, 0.3) is 0 Å². The van der Waals surface area contributed by atoms with Crippen molar-refractivity contribution in [1.29, 1.82) is 0 Å². The summed E-state index contributed by atoms with van der Waals surface area (Å²) in [5.41, 5.74) is -0.444. The molecule has 3 aromatic rings. The lowest BCUT2D eigenvalue weighted by Gasteiger charge is -2.23. The summed E-state index contributed by atoms with van der Waals surface area (Å²) in [6, 6.07) is 10.6. The van der Waals surface area contributed by atoms with Crippen LogP contribution in [0.2, 0.25) is 0 Å². The highest BCUT2D eigenvalue weighted by atomic mass is 19.2. The lowest BCUT2D eigenvalue weighted by Crippen LogP contribution is -2.25. The van der Waals surface area contributed by atoms with E-state index in [1.807, 2.05) is 6.08 Å². The number of alkyl halides is 2. The monoisotopic (exact) mass is 660 g/mol. The molecule has 10 heteroatoms. The molecule has 0 heterocycles. The molecule has 0 amide bonds. The Morgan fingerprint density at radius 1 is 0.681 bits per heavy atom. The molecule has 1 aliphatic carbocycles. The molecule has 0 radical (unpaired) electrons. The van der Waals surface area contributed by atoms with Crippen molar-refractivity contribution in [3.05, 3.63) is 108 Å². The van der Waals surface area contributed by atoms with Gasteiger partial charge in [0.15, 0.2) is 23.9 Å². The molecule has 0 spiro atoms. The molecule has 3 unspecified atom stereocenters. The molecular weight excluding hydrogens is 622 g/mol. The van der Waals surface area contributed by atoms with Crippen LogP contribution in [0.15, 0.2) is 79.1 Å². The molecule has 4 rings (SSSR count). The van der Waals surface area contributed by atoms with Crippen LogP contribution in [0.5, 0.6) is 17.2 Å². The molecular formula is C37H38F6O4. The first kappa shape index (κ1) is 35.5. The van der Waals surface area contributed by atoms with Gasteiger partial charge in [-0.3, -0.25) is 0 Å². The minimum atomic E-state index is -2.04. The van der Waals surface area contributed by atoms with E-state index < -0.39 is 35.6 Å². The fourth-order valence-corrected chi connectivity index (χ4v) is 5.27. The van der Waals surface area contributed by atoms with Gasteiger partial charge in [-0.25, -0.2) is 22.0 Å². The Hall–Kier alpha value is -4.34. The molecule has 3 aromatic carbocycles. The molecule has 4 nitrogen and oxygen atoms in total. The number of hydrogen-bond acceptors (Lipinski definition) is 4. The van der Waals surface area contributed by atoms with Gasteiger partial charge in [-0.15, -0.1) is 6.58 Å². The Balaban J connectivity index is 1.20. The predicted molar refractivity (Wildman–Crippen MR) is 170 cm³/mol. The van der Waals surface area contributed by atoms with E-state index in [0.29, 0.717) is 26.1 Å². The van der Waals surface area contributed by atoms with E-state index in [4.69, 9.17) is 18.9 Å². The molecule has 0 N–H and O–H groups in total. The van der Waals surface area contributed by atoms with Gasteiger partial charge in [0, 0.05) is 28.8 Å². The lowest BCUT2D eigenvalue weighted by molar-refractivity contribution is 0.128. The van der Waals surface area contributed by atoms with E-state index in [-0.39, 0.29) is 64.4 Å². The van der Waals surface area contributed by atoms with Gasteiger partial charge in [-0.2, -0.15) is 4.39 Å². The zero-order valence-corrected chi connectivity index (χ0v) is 26.3. The Labute approximate surface area is 271 Å². The van der Waals surface area contributed by atoms with Crippen molar-refractivity contribution in [2.45, 2.75) is 51.9 Å². The summed E-state index contributed by atoms with van der Waals surface area (Å²) in [4.78, 5) is 0. The highest BCUT2D eigenvalue weighted by Gasteiger charge is 2.33. The smallest absolute Gasteiger partial charge is 0.201 e. The number of benzene rings is 3. The van der Waals surface area contributed by atoms with Gasteiger partial charge >= 0.3 is 0 Å². The molecule has 0 saturated heterocycles. The largest absolute Gasteiger partial charge is 0.495 e. The summed E-state index contributed by atoms with van der Waals surface area (Å²) < 4.78 is 109. The Kier molecular flexibility index (Phi) is 12.8. The average Bonchev–Trinajstić information content (AvgIpc) is 3.06. The maximum absolute atomic E-state index is 14.8. The highest BCUT2D eigenvalue weighted by molar-refractivity contribution is 5.73. The topological polar surface area (TPSA) is 36.9 Å². The number of hydrogen-bond donors (Lipinski definition) is 0. The molecule has 0 bridgehead atoms. The maximum Gasteiger partial charge on any atom is 0.201 e. The zero-order valence-electron chi connectivity index (χ0n) is 26.3. The van der Waals surface area contributed by atoms with Crippen LogP contribution in [-0.4, -0.2) is 38.8 Å². The summed E-state index contributed by atoms with van der Waals surface area (Å²) in [6.45, 7) is 8.18. The summed E-state index contributed by atoms with van der Waals surface area (Å²) in [6.07, 6.45) is 3.25. The third kappa shape index (κ3) is 8.93. The lowest BCUT2D eigenvalue weighted by atomic mass is 9.93. The van der Waals surface area contributed by atoms with E-state index in [1.165, 1.54) is 48.6 Å². The normalized spacial score (nSPS) is 16.6. The number of rotatable bonds is 17. The Morgan fingerprint density at radius 2 is 1.26 bits per heavy atom.